The van der Waals surface area contributed by atoms with E-state index in [9.17, 15) is 22.4 Å². The second kappa shape index (κ2) is 10.4. The van der Waals surface area contributed by atoms with Crippen molar-refractivity contribution < 1.29 is 27.1 Å². The molecule has 0 saturated carbocycles. The quantitative estimate of drug-likeness (QED) is 0.290. The van der Waals surface area contributed by atoms with Gasteiger partial charge in [0.2, 0.25) is 5.88 Å². The van der Waals surface area contributed by atoms with E-state index in [-0.39, 0.29) is 0 Å². The van der Waals surface area contributed by atoms with Crippen molar-refractivity contribution in [3.8, 4) is 22.9 Å². The van der Waals surface area contributed by atoms with Crippen LogP contribution in [-0.2, 0) is 12.6 Å². The van der Waals surface area contributed by atoms with Gasteiger partial charge in [0.25, 0.3) is 0 Å². The van der Waals surface area contributed by atoms with Gasteiger partial charge in [0, 0.05) is 24.5 Å². The Morgan fingerprint density at radius 3 is 2.44 bits per heavy atom. The lowest BCUT2D eigenvalue weighted by Crippen LogP contribution is -2.21. The topological polar surface area (TPSA) is 89.0 Å². The second-order valence-electron chi connectivity index (χ2n) is 7.44. The minimum Gasteiger partial charge on any atom is -0.438 e. The minimum absolute atomic E-state index is 0.303. The molecular formula is C25H19F4N5O2. The molecular weight excluding hydrogens is 478 g/mol. The first-order chi connectivity index (χ1) is 17.2. The van der Waals surface area contributed by atoms with Crippen LogP contribution in [0.15, 0.2) is 73.1 Å². The highest BCUT2D eigenvalue weighted by atomic mass is 19.4. The number of carbonyl (C=O) groups excluding carboxylic acids is 1. The molecule has 11 heteroatoms. The summed E-state index contributed by atoms with van der Waals surface area (Å²) in [6, 6.07) is 13.2. The van der Waals surface area contributed by atoms with Crippen LogP contribution in [0.25, 0.3) is 11.3 Å². The molecule has 0 aliphatic carbocycles. The molecule has 0 radical (unpaired) electrons. The lowest BCUT2D eigenvalue weighted by Gasteiger charge is -2.13. The van der Waals surface area contributed by atoms with Gasteiger partial charge >= 0.3 is 12.2 Å². The highest BCUT2D eigenvalue weighted by Crippen LogP contribution is 2.34. The number of urea groups is 1. The number of nitrogens with one attached hydrogen (secondary N) is 2. The number of aryl methyl sites for hydroxylation is 1. The maximum atomic E-state index is 14.1. The average molecular weight is 497 g/mol. The second-order valence-corrected chi connectivity index (χ2v) is 7.44. The summed E-state index contributed by atoms with van der Waals surface area (Å²) in [5.74, 6) is -0.155. The van der Waals surface area contributed by atoms with Gasteiger partial charge < -0.3 is 15.4 Å². The van der Waals surface area contributed by atoms with Crippen LogP contribution in [0.3, 0.4) is 0 Å². The van der Waals surface area contributed by atoms with Crippen LogP contribution >= 0.6 is 0 Å². The molecule has 2 amide bonds. The molecule has 36 heavy (non-hydrogen) atoms. The van der Waals surface area contributed by atoms with E-state index in [1.54, 1.807) is 36.7 Å². The molecule has 0 aliphatic rings. The summed E-state index contributed by atoms with van der Waals surface area (Å²) in [7, 11) is 0. The fraction of sp³-hybridized carbons (Fsp3) is 0.120. The van der Waals surface area contributed by atoms with E-state index in [4.69, 9.17) is 4.74 Å². The Kier molecular flexibility index (Phi) is 7.09. The van der Waals surface area contributed by atoms with Gasteiger partial charge in [-0.25, -0.2) is 24.1 Å². The number of alkyl halides is 3. The first-order valence-corrected chi connectivity index (χ1v) is 10.7. The van der Waals surface area contributed by atoms with Crippen LogP contribution in [0.5, 0.6) is 11.6 Å². The SMILES string of the molecule is CCc1nccc(-c2cccnc2Oc2ccc(NC(=O)Nc3cccc(C(F)(F)F)c3F)cc2)n1. The number of nitrogens with zero attached hydrogens (tertiary/aromatic N) is 3. The van der Waals surface area contributed by atoms with Gasteiger partial charge in [0.05, 0.1) is 22.5 Å². The third kappa shape index (κ3) is 5.74. The van der Waals surface area contributed by atoms with Crippen LogP contribution in [0.2, 0.25) is 0 Å². The molecule has 2 aromatic heterocycles. The minimum atomic E-state index is -4.88. The summed E-state index contributed by atoms with van der Waals surface area (Å²) >= 11 is 0. The van der Waals surface area contributed by atoms with Gasteiger partial charge in [-0.05, 0) is 54.6 Å². The number of hydrogen-bond donors (Lipinski definition) is 2. The van der Waals surface area contributed by atoms with E-state index in [2.05, 4.69) is 25.6 Å². The summed E-state index contributed by atoms with van der Waals surface area (Å²) in [5.41, 5.74) is -0.442. The van der Waals surface area contributed by atoms with Crippen molar-refractivity contribution in [1.29, 1.82) is 0 Å². The van der Waals surface area contributed by atoms with Crippen LogP contribution in [-0.4, -0.2) is 21.0 Å². The zero-order valence-electron chi connectivity index (χ0n) is 18.8. The summed E-state index contributed by atoms with van der Waals surface area (Å²) in [4.78, 5) is 25.2. The Balaban J connectivity index is 1.45. The van der Waals surface area contributed by atoms with Crippen molar-refractivity contribution in [3.05, 3.63) is 90.3 Å². The zero-order valence-corrected chi connectivity index (χ0v) is 18.8. The van der Waals surface area contributed by atoms with E-state index in [1.807, 2.05) is 13.0 Å². The molecule has 2 aromatic carbocycles. The van der Waals surface area contributed by atoms with Crippen LogP contribution in [0.4, 0.5) is 33.7 Å². The number of anilines is 2. The van der Waals surface area contributed by atoms with Gasteiger partial charge in [0.1, 0.15) is 11.6 Å². The third-order valence-electron chi connectivity index (χ3n) is 4.95. The number of amides is 2. The molecule has 184 valence electrons. The first-order valence-electron chi connectivity index (χ1n) is 10.7. The first kappa shape index (κ1) is 24.6. The monoisotopic (exact) mass is 497 g/mol. The van der Waals surface area contributed by atoms with E-state index >= 15 is 0 Å². The number of halogens is 4. The molecule has 0 bridgehead atoms. The molecule has 0 aliphatic heterocycles. The van der Waals surface area contributed by atoms with Crippen LogP contribution in [0.1, 0.15) is 18.3 Å². The summed E-state index contributed by atoms with van der Waals surface area (Å²) in [6.07, 6.45) is -0.970. The number of benzene rings is 2. The van der Waals surface area contributed by atoms with E-state index in [0.717, 1.165) is 12.1 Å². The molecule has 4 rings (SSSR count). The van der Waals surface area contributed by atoms with Crippen molar-refractivity contribution in [1.82, 2.24) is 15.0 Å². The molecule has 0 unspecified atom stereocenters. The summed E-state index contributed by atoms with van der Waals surface area (Å²) in [5, 5.41) is 4.51. The lowest BCUT2D eigenvalue weighted by molar-refractivity contribution is -0.139. The number of pyridine rings is 1. The van der Waals surface area contributed by atoms with Gasteiger partial charge in [0.15, 0.2) is 5.82 Å². The van der Waals surface area contributed by atoms with Crippen molar-refractivity contribution in [3.63, 3.8) is 0 Å². The van der Waals surface area contributed by atoms with E-state index < -0.39 is 29.3 Å². The normalized spacial score (nSPS) is 11.1. The third-order valence-corrected chi connectivity index (χ3v) is 4.95. The molecule has 7 nitrogen and oxygen atoms in total. The maximum Gasteiger partial charge on any atom is 0.419 e. The number of rotatable bonds is 6. The van der Waals surface area contributed by atoms with Crippen molar-refractivity contribution in [2.75, 3.05) is 10.6 Å². The molecule has 0 atom stereocenters. The zero-order chi connectivity index (χ0) is 25.7. The molecule has 2 heterocycles. The number of aromatic nitrogens is 3. The van der Waals surface area contributed by atoms with E-state index in [0.29, 0.717) is 46.9 Å². The van der Waals surface area contributed by atoms with Crippen molar-refractivity contribution in [2.24, 2.45) is 0 Å². The number of carbonyl (C=O) groups is 1. The van der Waals surface area contributed by atoms with Gasteiger partial charge in [-0.15, -0.1) is 0 Å². The molecule has 0 fully saturated rings. The van der Waals surface area contributed by atoms with Crippen molar-refractivity contribution >= 4 is 17.4 Å². The van der Waals surface area contributed by atoms with E-state index in [1.165, 1.54) is 12.1 Å². The van der Waals surface area contributed by atoms with Crippen molar-refractivity contribution in [2.45, 2.75) is 19.5 Å². The highest BCUT2D eigenvalue weighted by Gasteiger charge is 2.35. The Morgan fingerprint density at radius 1 is 0.944 bits per heavy atom. The fourth-order valence-electron chi connectivity index (χ4n) is 3.24. The maximum absolute atomic E-state index is 14.1. The fourth-order valence-corrected chi connectivity index (χ4v) is 3.24. The van der Waals surface area contributed by atoms with Gasteiger partial charge in [-0.1, -0.05) is 13.0 Å². The molecule has 0 saturated heterocycles. The molecule has 4 aromatic rings. The van der Waals surface area contributed by atoms with Gasteiger partial charge in [-0.2, -0.15) is 13.2 Å². The number of ether oxygens (including phenoxy) is 1. The molecule has 2 N–H and O–H groups in total. The highest BCUT2D eigenvalue weighted by molar-refractivity contribution is 5.99. The molecule has 0 spiro atoms. The smallest absolute Gasteiger partial charge is 0.419 e. The summed E-state index contributed by atoms with van der Waals surface area (Å²) in [6.45, 7) is 1.95. The number of hydrogen-bond acceptors (Lipinski definition) is 5. The Labute approximate surface area is 203 Å². The average Bonchev–Trinajstić information content (AvgIpc) is 2.86. The predicted octanol–water partition coefficient (Wildman–Crippen LogP) is 6.70. The van der Waals surface area contributed by atoms with Gasteiger partial charge in [-0.3, -0.25) is 0 Å². The Morgan fingerprint density at radius 2 is 1.72 bits per heavy atom. The predicted molar refractivity (Wildman–Crippen MR) is 125 cm³/mol. The standard InChI is InChI=1S/C25H19F4N5O2/c1-2-21-30-14-12-19(33-21)17-5-4-13-31-23(17)36-16-10-8-15(9-11-16)32-24(35)34-20-7-3-6-18(22(20)26)25(27,28)29/h3-14H,2H2,1H3,(H2,32,34,35). The van der Waals surface area contributed by atoms with Crippen LogP contribution in [0, 0.1) is 5.82 Å². The summed E-state index contributed by atoms with van der Waals surface area (Å²) < 4.78 is 58.6. The Bertz CT molecular complexity index is 1380. The Hall–Kier alpha value is -4.54. The van der Waals surface area contributed by atoms with Crippen LogP contribution < -0.4 is 15.4 Å². The largest absolute Gasteiger partial charge is 0.438 e. The lowest BCUT2D eigenvalue weighted by atomic mass is 10.2.